The second kappa shape index (κ2) is 7.68. The standard InChI is InChI=1S/C23H25N3O5/c1-5-17(27)25-6-8-26(9-7-25)23(30)18-20(29)13(3)11-16-22(18)31-21-14(4)19(28)12(2)10-15(21)24-16/h10-11,28H,5-9H2,1-4H3. The number of rotatable bonds is 2. The van der Waals surface area contributed by atoms with Crippen molar-refractivity contribution in [2.24, 2.45) is 0 Å². The lowest BCUT2D eigenvalue weighted by Crippen LogP contribution is -2.51. The number of nitrogens with zero attached hydrogens (tertiary/aromatic N) is 3. The number of hydrogen-bond acceptors (Lipinski definition) is 6. The number of carbonyl (C=O) groups is 2. The molecule has 31 heavy (non-hydrogen) atoms. The third-order valence-electron chi connectivity index (χ3n) is 5.93. The zero-order valence-corrected chi connectivity index (χ0v) is 18.1. The molecule has 1 aliphatic carbocycles. The predicted octanol–water partition coefficient (Wildman–Crippen LogP) is 2.62. The Morgan fingerprint density at radius 3 is 2.35 bits per heavy atom. The Labute approximate surface area is 179 Å². The first-order valence-electron chi connectivity index (χ1n) is 10.4. The molecule has 2 aliphatic heterocycles. The Hall–Kier alpha value is -3.42. The molecule has 0 bridgehead atoms. The lowest BCUT2D eigenvalue weighted by atomic mass is 10.0. The molecule has 0 atom stereocenters. The summed E-state index contributed by atoms with van der Waals surface area (Å²) in [6, 6.07) is 3.33. The van der Waals surface area contributed by atoms with Crippen LogP contribution in [0.5, 0.6) is 5.75 Å². The van der Waals surface area contributed by atoms with Crippen LogP contribution in [0.4, 0.5) is 0 Å². The van der Waals surface area contributed by atoms with Crippen molar-refractivity contribution in [3.05, 3.63) is 44.6 Å². The van der Waals surface area contributed by atoms with Crippen LogP contribution >= 0.6 is 0 Å². The Balaban J connectivity index is 1.82. The van der Waals surface area contributed by atoms with Gasteiger partial charge in [0.05, 0.1) is 0 Å². The fraction of sp³-hybridized carbons (Fsp3) is 0.391. The first kappa shape index (κ1) is 20.8. The van der Waals surface area contributed by atoms with Crippen LogP contribution in [-0.4, -0.2) is 57.9 Å². The van der Waals surface area contributed by atoms with Gasteiger partial charge in [0.1, 0.15) is 22.5 Å². The molecule has 4 rings (SSSR count). The van der Waals surface area contributed by atoms with Crippen LogP contribution in [0.1, 0.15) is 40.4 Å². The normalized spacial score (nSPS) is 14.5. The SMILES string of the molecule is CCC(=O)N1CCN(C(=O)c2c3oc4c(C)c(O)c(C)cc4nc-3cc(C)c2=O)CC1. The van der Waals surface area contributed by atoms with Crippen molar-refractivity contribution < 1.29 is 19.1 Å². The van der Waals surface area contributed by atoms with Gasteiger partial charge in [-0.2, -0.15) is 0 Å². The Kier molecular flexibility index (Phi) is 5.16. The molecule has 0 unspecified atom stereocenters. The van der Waals surface area contributed by atoms with Crippen LogP contribution in [0.2, 0.25) is 0 Å². The number of phenolic OH excluding ortho intramolecular Hbond substituents is 1. The summed E-state index contributed by atoms with van der Waals surface area (Å²) in [5.74, 6) is -0.169. The fourth-order valence-electron chi connectivity index (χ4n) is 4.06. The second-order valence-electron chi connectivity index (χ2n) is 8.00. The van der Waals surface area contributed by atoms with E-state index in [4.69, 9.17) is 4.42 Å². The van der Waals surface area contributed by atoms with Crippen LogP contribution in [0.25, 0.3) is 22.6 Å². The van der Waals surface area contributed by atoms with Gasteiger partial charge >= 0.3 is 0 Å². The number of aromatic hydroxyl groups is 1. The lowest BCUT2D eigenvalue weighted by molar-refractivity contribution is -0.132. The molecule has 0 aromatic heterocycles. The summed E-state index contributed by atoms with van der Waals surface area (Å²) < 4.78 is 6.03. The summed E-state index contributed by atoms with van der Waals surface area (Å²) in [7, 11) is 0. The molecule has 0 saturated carbocycles. The second-order valence-corrected chi connectivity index (χ2v) is 8.00. The van der Waals surface area contributed by atoms with Gasteiger partial charge in [-0.25, -0.2) is 4.98 Å². The molecule has 1 fully saturated rings. The van der Waals surface area contributed by atoms with Gasteiger partial charge in [0.15, 0.2) is 16.8 Å². The van der Waals surface area contributed by atoms with Crippen LogP contribution in [0.3, 0.4) is 0 Å². The molecule has 1 saturated heterocycles. The number of aryl methyl sites for hydroxylation is 3. The summed E-state index contributed by atoms with van der Waals surface area (Å²) >= 11 is 0. The quantitative estimate of drug-likeness (QED) is 0.636. The first-order chi connectivity index (χ1) is 14.7. The van der Waals surface area contributed by atoms with Crippen LogP contribution in [0, 0.1) is 20.8 Å². The lowest BCUT2D eigenvalue weighted by Gasteiger charge is -2.34. The van der Waals surface area contributed by atoms with Gasteiger partial charge in [0.2, 0.25) is 5.91 Å². The highest BCUT2D eigenvalue weighted by Gasteiger charge is 2.31. The van der Waals surface area contributed by atoms with Gasteiger partial charge < -0.3 is 19.3 Å². The Morgan fingerprint density at radius 1 is 1.06 bits per heavy atom. The molecule has 162 valence electrons. The zero-order chi connectivity index (χ0) is 22.4. The highest BCUT2D eigenvalue weighted by molar-refractivity contribution is 6.00. The summed E-state index contributed by atoms with van der Waals surface area (Å²) in [6.07, 6.45) is 0.421. The number of hydrogen-bond donors (Lipinski definition) is 1. The van der Waals surface area contributed by atoms with Crippen LogP contribution in [-0.2, 0) is 4.79 Å². The minimum absolute atomic E-state index is 0.0499. The zero-order valence-electron chi connectivity index (χ0n) is 18.1. The van der Waals surface area contributed by atoms with E-state index in [1.54, 1.807) is 42.7 Å². The van der Waals surface area contributed by atoms with E-state index in [0.29, 0.717) is 66.1 Å². The maximum absolute atomic E-state index is 13.4. The van der Waals surface area contributed by atoms with Crippen molar-refractivity contribution in [1.82, 2.24) is 14.8 Å². The summed E-state index contributed by atoms with van der Waals surface area (Å²) in [5.41, 5.74) is 2.42. The largest absolute Gasteiger partial charge is 0.507 e. The first-order valence-corrected chi connectivity index (χ1v) is 10.4. The maximum Gasteiger partial charge on any atom is 0.261 e. The molecule has 0 radical (unpaired) electrons. The van der Waals surface area contributed by atoms with Gasteiger partial charge in [-0.1, -0.05) is 6.92 Å². The molecule has 0 spiro atoms. The Morgan fingerprint density at radius 2 is 1.71 bits per heavy atom. The molecular formula is C23H25N3O5. The van der Waals surface area contributed by atoms with Crippen molar-refractivity contribution in [3.63, 3.8) is 0 Å². The van der Waals surface area contributed by atoms with Crippen molar-refractivity contribution in [3.8, 4) is 17.2 Å². The molecular weight excluding hydrogens is 398 g/mol. The van der Waals surface area contributed by atoms with E-state index in [1.807, 2.05) is 6.92 Å². The van der Waals surface area contributed by atoms with Gasteiger partial charge in [0.25, 0.3) is 5.91 Å². The number of benzene rings is 2. The minimum Gasteiger partial charge on any atom is -0.507 e. The van der Waals surface area contributed by atoms with E-state index in [0.717, 1.165) is 0 Å². The van der Waals surface area contributed by atoms with Gasteiger partial charge in [-0.15, -0.1) is 0 Å². The molecule has 2 amide bonds. The number of carbonyl (C=O) groups excluding carboxylic acids is 2. The minimum atomic E-state index is -0.429. The van der Waals surface area contributed by atoms with E-state index >= 15 is 0 Å². The molecule has 2 heterocycles. The predicted molar refractivity (Wildman–Crippen MR) is 116 cm³/mol. The molecule has 8 nitrogen and oxygen atoms in total. The van der Waals surface area contributed by atoms with E-state index in [1.165, 1.54) is 0 Å². The highest BCUT2D eigenvalue weighted by atomic mass is 16.3. The summed E-state index contributed by atoms with van der Waals surface area (Å²) in [4.78, 5) is 46.2. The van der Waals surface area contributed by atoms with Crippen molar-refractivity contribution >= 4 is 22.9 Å². The highest BCUT2D eigenvalue weighted by Crippen LogP contribution is 2.34. The number of phenols is 1. The smallest absolute Gasteiger partial charge is 0.261 e. The monoisotopic (exact) mass is 423 g/mol. The molecule has 1 N–H and O–H groups in total. The van der Waals surface area contributed by atoms with Gasteiger partial charge in [0, 0.05) is 38.2 Å². The molecule has 1 aromatic carbocycles. The van der Waals surface area contributed by atoms with Gasteiger partial charge in [-0.05, 0) is 44.0 Å². The van der Waals surface area contributed by atoms with Crippen molar-refractivity contribution in [1.29, 1.82) is 0 Å². The molecule has 8 heteroatoms. The number of aromatic nitrogens is 1. The fourth-order valence-corrected chi connectivity index (χ4v) is 4.06. The van der Waals surface area contributed by atoms with Gasteiger partial charge in [-0.3, -0.25) is 14.4 Å². The average Bonchev–Trinajstić information content (AvgIpc) is 2.77. The third-order valence-corrected chi connectivity index (χ3v) is 5.93. The summed E-state index contributed by atoms with van der Waals surface area (Å²) in [5, 5.41) is 10.3. The van der Waals surface area contributed by atoms with Crippen LogP contribution < -0.4 is 5.43 Å². The van der Waals surface area contributed by atoms with Crippen molar-refractivity contribution in [2.75, 3.05) is 26.2 Å². The maximum atomic E-state index is 13.4. The Bertz CT molecular complexity index is 1240. The molecule has 1 aromatic rings. The van der Waals surface area contributed by atoms with E-state index in [9.17, 15) is 19.5 Å². The van der Waals surface area contributed by atoms with E-state index in [-0.39, 0.29) is 23.0 Å². The number of fused-ring (bicyclic) bond motifs is 2. The number of piperazine rings is 1. The van der Waals surface area contributed by atoms with Crippen LogP contribution in [0.15, 0.2) is 21.3 Å². The molecule has 3 aliphatic rings. The average molecular weight is 423 g/mol. The topological polar surface area (TPSA) is 104 Å². The summed E-state index contributed by atoms with van der Waals surface area (Å²) in [6.45, 7) is 8.50. The third kappa shape index (κ3) is 3.41. The van der Waals surface area contributed by atoms with E-state index in [2.05, 4.69) is 4.98 Å². The van der Waals surface area contributed by atoms with Crippen molar-refractivity contribution in [2.45, 2.75) is 34.1 Å². The number of amides is 2. The van der Waals surface area contributed by atoms with E-state index < -0.39 is 11.3 Å².